The summed E-state index contributed by atoms with van der Waals surface area (Å²) in [6.07, 6.45) is 1.93. The maximum Gasteiger partial charge on any atom is 0.133 e. The first-order valence-corrected chi connectivity index (χ1v) is 7.97. The molecular formula is C19H18FN3. The summed E-state index contributed by atoms with van der Waals surface area (Å²) in [6.45, 7) is 3.03. The summed E-state index contributed by atoms with van der Waals surface area (Å²) in [6, 6.07) is 15.1. The van der Waals surface area contributed by atoms with E-state index in [0.717, 1.165) is 47.7 Å². The minimum atomic E-state index is -0.232. The van der Waals surface area contributed by atoms with Gasteiger partial charge in [0.05, 0.1) is 11.4 Å². The number of fused-ring (bicyclic) bond motifs is 1. The second-order valence-corrected chi connectivity index (χ2v) is 5.79. The average molecular weight is 307 g/mol. The minimum absolute atomic E-state index is 0.232. The van der Waals surface area contributed by atoms with E-state index in [-0.39, 0.29) is 5.82 Å². The Hall–Kier alpha value is -2.62. The summed E-state index contributed by atoms with van der Waals surface area (Å²) in [5, 5.41) is 8.16. The van der Waals surface area contributed by atoms with Crippen LogP contribution >= 0.6 is 0 Å². The van der Waals surface area contributed by atoms with Crippen LogP contribution in [0.15, 0.2) is 48.5 Å². The fraction of sp³-hybridized carbons (Fsp3) is 0.211. The van der Waals surface area contributed by atoms with Gasteiger partial charge in [-0.15, -0.1) is 0 Å². The molecule has 3 nitrogen and oxygen atoms in total. The Labute approximate surface area is 134 Å². The molecule has 0 radical (unpaired) electrons. The molecule has 3 aromatic rings. The molecule has 0 spiro atoms. The Morgan fingerprint density at radius 1 is 1.17 bits per heavy atom. The molecule has 4 heteroatoms. The summed E-state index contributed by atoms with van der Waals surface area (Å²) in [4.78, 5) is 0. The van der Waals surface area contributed by atoms with Crippen molar-refractivity contribution in [1.82, 2.24) is 9.78 Å². The monoisotopic (exact) mass is 307 g/mol. The lowest BCUT2D eigenvalue weighted by Gasteiger charge is -2.07. The number of hydrogen-bond donors (Lipinski definition) is 1. The van der Waals surface area contributed by atoms with E-state index in [4.69, 9.17) is 5.10 Å². The van der Waals surface area contributed by atoms with E-state index in [1.165, 1.54) is 11.6 Å². The second-order valence-electron chi connectivity index (χ2n) is 5.79. The second kappa shape index (κ2) is 5.54. The molecule has 1 aliphatic heterocycles. The van der Waals surface area contributed by atoms with Gasteiger partial charge in [0.2, 0.25) is 0 Å². The van der Waals surface area contributed by atoms with Crippen LogP contribution < -0.4 is 5.32 Å². The number of halogens is 1. The molecule has 0 saturated carbocycles. The van der Waals surface area contributed by atoms with Crippen molar-refractivity contribution >= 4 is 5.82 Å². The standard InChI is InChI=1S/C19H18FN3/c1-2-13-6-8-16(9-7-13)23-19-17(10-11-21-19)18(22-23)14-4-3-5-15(20)12-14/h3-9,12,21H,2,10-11H2,1H3. The Kier molecular flexibility index (Phi) is 3.37. The molecule has 23 heavy (non-hydrogen) atoms. The van der Waals surface area contributed by atoms with Crippen molar-refractivity contribution in [3.05, 3.63) is 65.5 Å². The van der Waals surface area contributed by atoms with Crippen LogP contribution in [0.2, 0.25) is 0 Å². The fourth-order valence-corrected chi connectivity index (χ4v) is 3.10. The Balaban J connectivity index is 1.84. The summed E-state index contributed by atoms with van der Waals surface area (Å²) >= 11 is 0. The van der Waals surface area contributed by atoms with Gasteiger partial charge in [-0.1, -0.05) is 31.2 Å². The number of aromatic nitrogens is 2. The number of anilines is 1. The van der Waals surface area contributed by atoms with Gasteiger partial charge in [-0.2, -0.15) is 5.10 Å². The van der Waals surface area contributed by atoms with E-state index in [2.05, 4.69) is 36.5 Å². The van der Waals surface area contributed by atoms with Gasteiger partial charge >= 0.3 is 0 Å². The summed E-state index contributed by atoms with van der Waals surface area (Å²) < 4.78 is 15.5. The number of nitrogens with zero attached hydrogens (tertiary/aromatic N) is 2. The summed E-state index contributed by atoms with van der Waals surface area (Å²) in [7, 11) is 0. The molecule has 0 amide bonds. The highest BCUT2D eigenvalue weighted by Gasteiger charge is 2.23. The van der Waals surface area contributed by atoms with Crippen LogP contribution in [0.25, 0.3) is 16.9 Å². The molecule has 0 unspecified atom stereocenters. The van der Waals surface area contributed by atoms with Gasteiger partial charge in [0.25, 0.3) is 0 Å². The first-order valence-electron chi connectivity index (χ1n) is 7.97. The van der Waals surface area contributed by atoms with Crippen molar-refractivity contribution < 1.29 is 4.39 Å². The van der Waals surface area contributed by atoms with E-state index < -0.39 is 0 Å². The minimum Gasteiger partial charge on any atom is -0.369 e. The lowest BCUT2D eigenvalue weighted by molar-refractivity contribution is 0.628. The molecule has 0 saturated heterocycles. The highest BCUT2D eigenvalue weighted by atomic mass is 19.1. The van der Waals surface area contributed by atoms with Gasteiger partial charge in [0.15, 0.2) is 0 Å². The fourth-order valence-electron chi connectivity index (χ4n) is 3.10. The van der Waals surface area contributed by atoms with E-state index >= 15 is 0 Å². The van der Waals surface area contributed by atoms with Crippen molar-refractivity contribution in [3.8, 4) is 16.9 Å². The van der Waals surface area contributed by atoms with Gasteiger partial charge in [-0.05, 0) is 42.7 Å². The normalized spacial score (nSPS) is 13.0. The van der Waals surface area contributed by atoms with E-state index in [0.29, 0.717) is 0 Å². The lowest BCUT2D eigenvalue weighted by atomic mass is 10.1. The molecule has 116 valence electrons. The van der Waals surface area contributed by atoms with E-state index in [9.17, 15) is 4.39 Å². The van der Waals surface area contributed by atoms with Gasteiger partial charge in [0.1, 0.15) is 11.6 Å². The van der Waals surface area contributed by atoms with Crippen LogP contribution in [0, 0.1) is 5.82 Å². The quantitative estimate of drug-likeness (QED) is 0.785. The number of aryl methyl sites for hydroxylation is 1. The van der Waals surface area contributed by atoms with Crippen molar-refractivity contribution in [2.45, 2.75) is 19.8 Å². The van der Waals surface area contributed by atoms with Crippen molar-refractivity contribution in [2.24, 2.45) is 0 Å². The van der Waals surface area contributed by atoms with E-state index in [1.807, 2.05) is 10.7 Å². The highest BCUT2D eigenvalue weighted by molar-refractivity contribution is 5.72. The van der Waals surface area contributed by atoms with Crippen LogP contribution in [0.1, 0.15) is 18.1 Å². The first-order chi connectivity index (χ1) is 11.3. The summed E-state index contributed by atoms with van der Waals surface area (Å²) in [5.74, 6) is 0.789. The molecule has 1 aliphatic rings. The third kappa shape index (κ3) is 2.40. The average Bonchev–Trinajstić information content (AvgIpc) is 3.17. The highest BCUT2D eigenvalue weighted by Crippen LogP contribution is 2.34. The number of nitrogens with one attached hydrogen (secondary N) is 1. The van der Waals surface area contributed by atoms with Crippen molar-refractivity contribution in [2.75, 3.05) is 11.9 Å². The molecule has 0 bridgehead atoms. The summed E-state index contributed by atoms with van der Waals surface area (Å²) in [5.41, 5.74) is 5.18. The van der Waals surface area contributed by atoms with Gasteiger partial charge in [-0.3, -0.25) is 0 Å². The molecule has 2 heterocycles. The largest absolute Gasteiger partial charge is 0.369 e. The van der Waals surface area contributed by atoms with E-state index in [1.54, 1.807) is 12.1 Å². The number of benzene rings is 2. The van der Waals surface area contributed by atoms with Crippen molar-refractivity contribution in [3.63, 3.8) is 0 Å². The molecule has 4 rings (SSSR count). The van der Waals surface area contributed by atoms with Crippen LogP contribution in [-0.2, 0) is 12.8 Å². The Bertz CT molecular complexity index is 850. The number of rotatable bonds is 3. The molecule has 2 aromatic carbocycles. The molecule has 1 N–H and O–H groups in total. The molecule has 0 fully saturated rings. The molecule has 0 atom stereocenters. The Morgan fingerprint density at radius 2 is 2.00 bits per heavy atom. The zero-order chi connectivity index (χ0) is 15.8. The predicted octanol–water partition coefficient (Wildman–Crippen LogP) is 4.21. The number of hydrogen-bond acceptors (Lipinski definition) is 2. The first kappa shape index (κ1) is 14.0. The third-order valence-corrected chi connectivity index (χ3v) is 4.34. The van der Waals surface area contributed by atoms with Crippen LogP contribution in [-0.4, -0.2) is 16.3 Å². The zero-order valence-electron chi connectivity index (χ0n) is 13.0. The third-order valence-electron chi connectivity index (χ3n) is 4.34. The molecule has 0 aliphatic carbocycles. The lowest BCUT2D eigenvalue weighted by Crippen LogP contribution is -2.04. The molecule has 1 aromatic heterocycles. The van der Waals surface area contributed by atoms with Crippen LogP contribution in [0.3, 0.4) is 0 Å². The Morgan fingerprint density at radius 3 is 2.74 bits per heavy atom. The van der Waals surface area contributed by atoms with Gasteiger partial charge in [0, 0.05) is 17.7 Å². The predicted molar refractivity (Wildman–Crippen MR) is 90.5 cm³/mol. The van der Waals surface area contributed by atoms with Crippen LogP contribution in [0.4, 0.5) is 10.2 Å². The van der Waals surface area contributed by atoms with Gasteiger partial charge < -0.3 is 5.32 Å². The topological polar surface area (TPSA) is 29.9 Å². The van der Waals surface area contributed by atoms with Gasteiger partial charge in [-0.25, -0.2) is 9.07 Å². The smallest absolute Gasteiger partial charge is 0.133 e. The maximum absolute atomic E-state index is 13.6. The maximum atomic E-state index is 13.6. The zero-order valence-corrected chi connectivity index (χ0v) is 13.0. The van der Waals surface area contributed by atoms with Crippen LogP contribution in [0.5, 0.6) is 0 Å². The van der Waals surface area contributed by atoms with Crippen molar-refractivity contribution in [1.29, 1.82) is 0 Å². The SMILES string of the molecule is CCc1ccc(-n2nc(-c3cccc(F)c3)c3c2NCC3)cc1. The molecular weight excluding hydrogens is 289 g/mol.